The van der Waals surface area contributed by atoms with Crippen LogP contribution >= 0.6 is 0 Å². The average Bonchev–Trinajstić information content (AvgIpc) is 2.78. The maximum atomic E-state index is 12.2. The fourth-order valence-electron chi connectivity index (χ4n) is 3.21. The van der Waals surface area contributed by atoms with Crippen LogP contribution in [0.4, 0.5) is 0 Å². The highest BCUT2D eigenvalue weighted by molar-refractivity contribution is 7.88. The van der Waals surface area contributed by atoms with E-state index < -0.39 is 16.1 Å². The summed E-state index contributed by atoms with van der Waals surface area (Å²) in [6.45, 7) is 4.14. The van der Waals surface area contributed by atoms with Gasteiger partial charge in [0.2, 0.25) is 15.9 Å². The van der Waals surface area contributed by atoms with Crippen LogP contribution in [0.15, 0.2) is 0 Å². The van der Waals surface area contributed by atoms with Gasteiger partial charge in [-0.05, 0) is 38.8 Å². The number of amides is 1. The Balaban J connectivity index is 1.76. The molecule has 0 bridgehead atoms. The molecular weight excluding hydrogens is 290 g/mol. The Morgan fingerprint density at radius 2 is 1.76 bits per heavy atom. The monoisotopic (exact) mass is 317 g/mol. The summed E-state index contributed by atoms with van der Waals surface area (Å²) in [5, 5.41) is 2.91. The minimum atomic E-state index is -3.28. The van der Waals surface area contributed by atoms with Crippen molar-refractivity contribution in [3.63, 3.8) is 0 Å². The predicted molar refractivity (Wildman–Crippen MR) is 82.5 cm³/mol. The summed E-state index contributed by atoms with van der Waals surface area (Å²) in [5.41, 5.74) is 0. The van der Waals surface area contributed by atoms with E-state index in [2.05, 4.69) is 10.2 Å². The molecule has 0 spiro atoms. The number of hydrogen-bond donors (Lipinski definition) is 1. The number of hydrogen-bond acceptors (Lipinski definition) is 4. The molecular formula is C14H27N3O3S. The summed E-state index contributed by atoms with van der Waals surface area (Å²) in [6.07, 6.45) is 7.63. The second-order valence-electron chi connectivity index (χ2n) is 6.08. The highest BCUT2D eigenvalue weighted by Crippen LogP contribution is 2.20. The number of likely N-dealkylation sites (tertiary alicyclic amines) is 1. The number of nitrogens with one attached hydrogen (secondary N) is 1. The van der Waals surface area contributed by atoms with Crippen LogP contribution in [0, 0.1) is 0 Å². The number of nitrogens with zero attached hydrogens (tertiary/aromatic N) is 2. The molecule has 7 heteroatoms. The van der Waals surface area contributed by atoms with Gasteiger partial charge < -0.3 is 10.2 Å². The molecule has 21 heavy (non-hydrogen) atoms. The maximum absolute atomic E-state index is 12.2. The van der Waals surface area contributed by atoms with E-state index in [-0.39, 0.29) is 5.91 Å². The molecule has 0 aromatic heterocycles. The summed E-state index contributed by atoms with van der Waals surface area (Å²) in [5.74, 6) is -0.146. The number of carbonyl (C=O) groups is 1. The molecule has 2 aliphatic rings. The van der Waals surface area contributed by atoms with Gasteiger partial charge >= 0.3 is 0 Å². The van der Waals surface area contributed by atoms with E-state index in [0.29, 0.717) is 19.5 Å². The van der Waals surface area contributed by atoms with Gasteiger partial charge in [-0.25, -0.2) is 8.42 Å². The van der Waals surface area contributed by atoms with Gasteiger partial charge in [0, 0.05) is 19.6 Å². The average molecular weight is 317 g/mol. The minimum Gasteiger partial charge on any atom is -0.353 e. The normalized spacial score (nSPS) is 25.7. The van der Waals surface area contributed by atoms with Crippen LogP contribution in [0.1, 0.15) is 38.5 Å². The first kappa shape index (κ1) is 16.7. The first-order valence-corrected chi connectivity index (χ1v) is 9.80. The highest BCUT2D eigenvalue weighted by atomic mass is 32.2. The molecule has 0 radical (unpaired) electrons. The van der Waals surface area contributed by atoms with Gasteiger partial charge in [-0.3, -0.25) is 4.79 Å². The largest absolute Gasteiger partial charge is 0.353 e. The van der Waals surface area contributed by atoms with Crippen LogP contribution in [-0.2, 0) is 14.8 Å². The van der Waals surface area contributed by atoms with Crippen LogP contribution in [0.2, 0.25) is 0 Å². The highest BCUT2D eigenvalue weighted by Gasteiger charge is 2.36. The van der Waals surface area contributed by atoms with Gasteiger partial charge in [-0.15, -0.1) is 0 Å². The Labute approximate surface area is 127 Å². The molecule has 6 nitrogen and oxygen atoms in total. The van der Waals surface area contributed by atoms with Gasteiger partial charge in [-0.2, -0.15) is 4.31 Å². The first-order valence-electron chi connectivity index (χ1n) is 7.95. The SMILES string of the molecule is CS(=O)(=O)N1CCCC1C(=O)NCCN1CCCCCC1. The minimum absolute atomic E-state index is 0.146. The molecule has 1 N–H and O–H groups in total. The molecule has 2 aliphatic heterocycles. The van der Waals surface area contributed by atoms with Crippen LogP contribution in [0.3, 0.4) is 0 Å². The van der Waals surface area contributed by atoms with Crippen molar-refractivity contribution in [1.82, 2.24) is 14.5 Å². The molecule has 0 aromatic carbocycles. The zero-order valence-corrected chi connectivity index (χ0v) is 13.7. The maximum Gasteiger partial charge on any atom is 0.238 e. The van der Waals surface area contributed by atoms with Gasteiger partial charge in [-0.1, -0.05) is 12.8 Å². The summed E-state index contributed by atoms with van der Waals surface area (Å²) in [6, 6.07) is -0.510. The third-order valence-corrected chi connectivity index (χ3v) is 5.65. The first-order chi connectivity index (χ1) is 9.98. The lowest BCUT2D eigenvalue weighted by Crippen LogP contribution is -2.47. The molecule has 2 saturated heterocycles. The fraction of sp³-hybridized carbons (Fsp3) is 0.929. The van der Waals surface area contributed by atoms with Gasteiger partial charge in [0.25, 0.3) is 0 Å². The van der Waals surface area contributed by atoms with Gasteiger partial charge in [0.05, 0.1) is 6.26 Å². The molecule has 1 amide bonds. The van der Waals surface area contributed by atoms with Crippen molar-refractivity contribution in [2.24, 2.45) is 0 Å². The molecule has 2 fully saturated rings. The lowest BCUT2D eigenvalue weighted by molar-refractivity contribution is -0.124. The Bertz CT molecular complexity index is 444. The number of carbonyl (C=O) groups excluding carboxylic acids is 1. The molecule has 1 unspecified atom stereocenters. The molecule has 2 rings (SSSR count). The topological polar surface area (TPSA) is 69.7 Å². The molecule has 0 aromatic rings. The van der Waals surface area contributed by atoms with Crippen molar-refractivity contribution < 1.29 is 13.2 Å². The second-order valence-corrected chi connectivity index (χ2v) is 8.01. The molecule has 2 heterocycles. The molecule has 0 saturated carbocycles. The Hall–Kier alpha value is -0.660. The van der Waals surface area contributed by atoms with E-state index in [1.165, 1.54) is 36.2 Å². The summed E-state index contributed by atoms with van der Waals surface area (Å²) < 4.78 is 24.6. The van der Waals surface area contributed by atoms with Crippen molar-refractivity contribution >= 4 is 15.9 Å². The second kappa shape index (κ2) is 7.56. The fourth-order valence-corrected chi connectivity index (χ4v) is 4.34. The van der Waals surface area contributed by atoms with Crippen molar-refractivity contribution in [2.75, 3.05) is 39.0 Å². The van der Waals surface area contributed by atoms with Gasteiger partial charge in [0.15, 0.2) is 0 Å². The van der Waals surface area contributed by atoms with Crippen molar-refractivity contribution in [1.29, 1.82) is 0 Å². The number of rotatable bonds is 5. The van der Waals surface area contributed by atoms with Crippen LogP contribution < -0.4 is 5.32 Å². The quantitative estimate of drug-likeness (QED) is 0.797. The molecule has 0 aliphatic carbocycles. The van der Waals surface area contributed by atoms with Gasteiger partial charge in [0.1, 0.15) is 6.04 Å². The van der Waals surface area contributed by atoms with E-state index in [4.69, 9.17) is 0 Å². The zero-order valence-electron chi connectivity index (χ0n) is 12.9. The Morgan fingerprint density at radius 3 is 2.38 bits per heavy atom. The Morgan fingerprint density at radius 1 is 1.10 bits per heavy atom. The lowest BCUT2D eigenvalue weighted by atomic mass is 10.2. The van der Waals surface area contributed by atoms with Crippen molar-refractivity contribution in [3.05, 3.63) is 0 Å². The van der Waals surface area contributed by atoms with E-state index in [1.54, 1.807) is 0 Å². The van der Waals surface area contributed by atoms with Crippen LogP contribution in [-0.4, -0.2) is 68.6 Å². The summed E-state index contributed by atoms with van der Waals surface area (Å²) in [4.78, 5) is 14.6. The number of sulfonamides is 1. The summed E-state index contributed by atoms with van der Waals surface area (Å²) in [7, 11) is -3.28. The third-order valence-electron chi connectivity index (χ3n) is 4.36. The van der Waals surface area contributed by atoms with Crippen molar-refractivity contribution in [3.8, 4) is 0 Å². The molecule has 1 atom stereocenters. The zero-order chi connectivity index (χ0) is 15.3. The van der Waals surface area contributed by atoms with E-state index in [1.807, 2.05) is 0 Å². The van der Waals surface area contributed by atoms with Crippen LogP contribution in [0.5, 0.6) is 0 Å². The van der Waals surface area contributed by atoms with Crippen molar-refractivity contribution in [2.45, 2.75) is 44.6 Å². The summed E-state index contributed by atoms with van der Waals surface area (Å²) >= 11 is 0. The van der Waals surface area contributed by atoms with E-state index in [9.17, 15) is 13.2 Å². The third kappa shape index (κ3) is 4.93. The predicted octanol–water partition coefficient (Wildman–Crippen LogP) is 0.403. The standard InChI is InChI=1S/C14H27N3O3S/c1-21(19,20)17-11-6-7-13(17)14(18)15-8-12-16-9-4-2-3-5-10-16/h13H,2-12H2,1H3,(H,15,18). The smallest absolute Gasteiger partial charge is 0.238 e. The van der Waals surface area contributed by atoms with E-state index in [0.717, 1.165) is 26.1 Å². The van der Waals surface area contributed by atoms with E-state index >= 15 is 0 Å². The lowest BCUT2D eigenvalue weighted by Gasteiger charge is -2.23. The Kier molecular flexibility index (Phi) is 6.01. The van der Waals surface area contributed by atoms with Crippen LogP contribution in [0.25, 0.3) is 0 Å². The molecule has 122 valence electrons.